The predicted molar refractivity (Wildman–Crippen MR) is 136 cm³/mol. The van der Waals surface area contributed by atoms with Crippen molar-refractivity contribution in [2.75, 3.05) is 13.7 Å². The van der Waals surface area contributed by atoms with E-state index in [1.54, 1.807) is 32.2 Å². The summed E-state index contributed by atoms with van der Waals surface area (Å²) in [6.45, 7) is 3.24. The quantitative estimate of drug-likeness (QED) is 0.474. The fourth-order valence-corrected chi connectivity index (χ4v) is 5.69. The summed E-state index contributed by atoms with van der Waals surface area (Å²) in [4.78, 5) is 42.1. The van der Waals surface area contributed by atoms with Gasteiger partial charge in [-0.2, -0.15) is 5.10 Å². The van der Waals surface area contributed by atoms with E-state index in [-0.39, 0.29) is 17.5 Å². The van der Waals surface area contributed by atoms with Gasteiger partial charge in [-0.25, -0.2) is 4.39 Å². The van der Waals surface area contributed by atoms with Gasteiger partial charge in [0.2, 0.25) is 11.8 Å². The monoisotopic (exact) mass is 526 g/mol. The number of primary amides is 1. The highest BCUT2D eigenvalue weighted by Crippen LogP contribution is 2.53. The summed E-state index contributed by atoms with van der Waals surface area (Å²) >= 11 is 6.68. The Morgan fingerprint density at radius 2 is 1.81 bits per heavy atom. The predicted octanol–water partition coefficient (Wildman–Crippen LogP) is 3.50. The third-order valence-corrected chi connectivity index (χ3v) is 7.31. The lowest BCUT2D eigenvalue weighted by molar-refractivity contribution is -0.143. The molecular formula is C27H28ClFN4O4. The van der Waals surface area contributed by atoms with E-state index in [9.17, 15) is 18.8 Å². The van der Waals surface area contributed by atoms with Crippen molar-refractivity contribution in [1.29, 1.82) is 0 Å². The van der Waals surface area contributed by atoms with Crippen molar-refractivity contribution in [3.8, 4) is 0 Å². The van der Waals surface area contributed by atoms with Crippen LogP contribution in [-0.2, 0) is 21.4 Å². The first kappa shape index (κ1) is 26.5. The van der Waals surface area contributed by atoms with Gasteiger partial charge in [-0.3, -0.25) is 19.1 Å². The number of aromatic nitrogens is 2. The van der Waals surface area contributed by atoms with Gasteiger partial charge in [0.15, 0.2) is 5.78 Å². The van der Waals surface area contributed by atoms with E-state index in [0.717, 1.165) is 5.56 Å². The van der Waals surface area contributed by atoms with Gasteiger partial charge in [0.25, 0.3) is 0 Å². The molecule has 1 aliphatic rings. The second kappa shape index (κ2) is 10.4. The molecule has 2 aromatic carbocycles. The molecule has 1 aromatic heterocycles. The lowest BCUT2D eigenvalue weighted by Crippen LogP contribution is -2.48. The molecule has 194 valence electrons. The molecule has 10 heteroatoms. The Hall–Kier alpha value is -3.56. The number of carbonyl (C=O) groups excluding carboxylic acids is 3. The first-order valence-corrected chi connectivity index (χ1v) is 12.1. The summed E-state index contributed by atoms with van der Waals surface area (Å²) in [7, 11) is 3.01. The molecule has 37 heavy (non-hydrogen) atoms. The number of hydrogen-bond acceptors (Lipinski definition) is 5. The largest absolute Gasteiger partial charge is 0.375 e. The molecule has 4 unspecified atom stereocenters. The van der Waals surface area contributed by atoms with Crippen molar-refractivity contribution in [2.45, 2.75) is 31.8 Å². The number of carbonyl (C=O) groups is 3. The second-order valence-electron chi connectivity index (χ2n) is 9.28. The van der Waals surface area contributed by atoms with Crippen LogP contribution in [0.3, 0.4) is 0 Å². The lowest BCUT2D eigenvalue weighted by atomic mass is 9.76. The molecule has 0 spiro atoms. The van der Waals surface area contributed by atoms with Gasteiger partial charge in [-0.1, -0.05) is 47.5 Å². The number of methoxy groups -OCH3 is 1. The van der Waals surface area contributed by atoms with Gasteiger partial charge < -0.3 is 15.4 Å². The molecule has 2 heterocycles. The molecule has 0 aliphatic carbocycles. The van der Waals surface area contributed by atoms with Crippen LogP contribution in [0.2, 0.25) is 5.15 Å². The summed E-state index contributed by atoms with van der Waals surface area (Å²) in [6, 6.07) is 10.4. The maximum absolute atomic E-state index is 14.3. The number of ether oxygens (including phenoxy) is 1. The smallest absolute Gasteiger partial charge is 0.249 e. The number of nitrogens with two attached hydrogens (primary N) is 1. The highest BCUT2D eigenvalue weighted by molar-refractivity contribution is 6.30. The molecule has 1 saturated heterocycles. The van der Waals surface area contributed by atoms with Gasteiger partial charge >= 0.3 is 0 Å². The van der Waals surface area contributed by atoms with Crippen LogP contribution >= 0.6 is 11.6 Å². The molecule has 0 saturated carbocycles. The standard InChI is InChI=1S/C27H28ClFN4O4/c1-14-6-5-7-17(12-14)25(35)22-21(16-8-10-18(29)11-9-16)24(27(30)36)33(19(34)13-37-4)23(22)20-15(2)31-32(3)26(20)28/h5-12,21-24H,13H2,1-4H3,(H2,30,36). The fourth-order valence-electron chi connectivity index (χ4n) is 5.41. The minimum Gasteiger partial charge on any atom is -0.375 e. The topological polar surface area (TPSA) is 108 Å². The molecule has 0 radical (unpaired) electrons. The van der Waals surface area contributed by atoms with Gasteiger partial charge in [-0.05, 0) is 37.6 Å². The van der Waals surface area contributed by atoms with Crippen molar-refractivity contribution in [3.63, 3.8) is 0 Å². The number of likely N-dealkylation sites (tertiary alicyclic amines) is 1. The number of aryl methyl sites for hydroxylation is 3. The van der Waals surface area contributed by atoms with Crippen LogP contribution in [0.5, 0.6) is 0 Å². The molecular weight excluding hydrogens is 499 g/mol. The number of ketones is 1. The van der Waals surface area contributed by atoms with E-state index in [1.807, 2.05) is 13.0 Å². The van der Waals surface area contributed by atoms with E-state index < -0.39 is 41.6 Å². The summed E-state index contributed by atoms with van der Waals surface area (Å²) in [5.41, 5.74) is 8.62. The Morgan fingerprint density at radius 1 is 1.14 bits per heavy atom. The number of halogens is 2. The third-order valence-electron chi connectivity index (χ3n) is 6.87. The molecule has 3 aromatic rings. The van der Waals surface area contributed by atoms with Crippen molar-refractivity contribution in [2.24, 2.45) is 18.7 Å². The lowest BCUT2D eigenvalue weighted by Gasteiger charge is -2.30. The van der Waals surface area contributed by atoms with Crippen molar-refractivity contribution >= 4 is 29.2 Å². The molecule has 1 fully saturated rings. The molecule has 1 aliphatic heterocycles. The van der Waals surface area contributed by atoms with Crippen LogP contribution in [0.25, 0.3) is 0 Å². The zero-order valence-electron chi connectivity index (χ0n) is 20.9. The van der Waals surface area contributed by atoms with Crippen LogP contribution in [0.1, 0.15) is 44.7 Å². The first-order valence-electron chi connectivity index (χ1n) is 11.7. The summed E-state index contributed by atoms with van der Waals surface area (Å²) < 4.78 is 20.4. The van der Waals surface area contributed by atoms with E-state index in [1.165, 1.54) is 41.0 Å². The summed E-state index contributed by atoms with van der Waals surface area (Å²) in [6.07, 6.45) is 0. The highest BCUT2D eigenvalue weighted by atomic mass is 35.5. The number of hydrogen-bond donors (Lipinski definition) is 1. The zero-order valence-corrected chi connectivity index (χ0v) is 21.7. The SMILES string of the molecule is COCC(=O)N1C(C(N)=O)C(c2ccc(F)cc2)C(C(=O)c2cccc(C)c2)C1c1c(C)nn(C)c1Cl. The summed E-state index contributed by atoms with van der Waals surface area (Å²) in [5.74, 6) is -3.99. The normalized spacial score (nSPS) is 21.3. The van der Waals surface area contributed by atoms with Crippen molar-refractivity contribution < 1.29 is 23.5 Å². The molecule has 0 bridgehead atoms. The Bertz CT molecular complexity index is 1360. The zero-order chi connectivity index (χ0) is 27.0. The molecule has 4 atom stereocenters. The number of benzene rings is 2. The molecule has 4 rings (SSSR count). The Labute approximate surface area is 219 Å². The van der Waals surface area contributed by atoms with Gasteiger partial charge in [0.1, 0.15) is 23.6 Å². The minimum absolute atomic E-state index is 0.225. The molecule has 2 amide bonds. The van der Waals surface area contributed by atoms with E-state index in [4.69, 9.17) is 22.1 Å². The van der Waals surface area contributed by atoms with E-state index >= 15 is 0 Å². The molecule has 8 nitrogen and oxygen atoms in total. The van der Waals surface area contributed by atoms with Crippen LogP contribution in [0, 0.1) is 25.6 Å². The van der Waals surface area contributed by atoms with E-state index in [0.29, 0.717) is 22.4 Å². The van der Waals surface area contributed by atoms with Gasteiger partial charge in [0, 0.05) is 31.2 Å². The second-order valence-corrected chi connectivity index (χ2v) is 9.63. The van der Waals surface area contributed by atoms with Crippen LogP contribution in [-0.4, -0.2) is 52.0 Å². The van der Waals surface area contributed by atoms with Crippen LogP contribution in [0.4, 0.5) is 4.39 Å². The Balaban J connectivity index is 2.04. The number of Topliss-reactive ketones (excluding diaryl/α,β-unsaturated/α-hetero) is 1. The van der Waals surface area contributed by atoms with Crippen molar-refractivity contribution in [1.82, 2.24) is 14.7 Å². The van der Waals surface area contributed by atoms with Gasteiger partial charge in [-0.15, -0.1) is 0 Å². The van der Waals surface area contributed by atoms with Gasteiger partial charge in [0.05, 0.1) is 17.7 Å². The number of nitrogens with zero attached hydrogens (tertiary/aromatic N) is 3. The maximum Gasteiger partial charge on any atom is 0.249 e. The average Bonchev–Trinajstić information content (AvgIpc) is 3.32. The van der Waals surface area contributed by atoms with Crippen molar-refractivity contribution in [3.05, 3.63) is 87.4 Å². The number of rotatable bonds is 7. The first-order chi connectivity index (χ1) is 17.6. The Morgan fingerprint density at radius 3 is 2.35 bits per heavy atom. The fraction of sp³-hybridized carbons (Fsp3) is 0.333. The highest BCUT2D eigenvalue weighted by Gasteiger charge is 2.58. The Kier molecular flexibility index (Phi) is 7.47. The van der Waals surface area contributed by atoms with Crippen LogP contribution < -0.4 is 5.73 Å². The third kappa shape index (κ3) is 4.76. The average molecular weight is 527 g/mol. The summed E-state index contributed by atoms with van der Waals surface area (Å²) in [5, 5.41) is 4.62. The maximum atomic E-state index is 14.3. The minimum atomic E-state index is -1.23. The van der Waals surface area contributed by atoms with E-state index in [2.05, 4.69) is 5.10 Å². The molecule has 2 N–H and O–H groups in total. The number of amides is 2. The van der Waals surface area contributed by atoms with Crippen LogP contribution in [0.15, 0.2) is 48.5 Å².